The van der Waals surface area contributed by atoms with Gasteiger partial charge in [-0.25, -0.2) is 23.0 Å². The molecule has 2 aromatic rings. The van der Waals surface area contributed by atoms with Gasteiger partial charge in [-0.3, -0.25) is 0 Å². The van der Waals surface area contributed by atoms with E-state index in [-0.39, 0.29) is 27.9 Å². The molecule has 2 atom stereocenters. The number of hydrogen-bond donors (Lipinski definition) is 1. The fourth-order valence-corrected chi connectivity index (χ4v) is 6.16. The van der Waals surface area contributed by atoms with E-state index in [9.17, 15) is 18.0 Å². The molecule has 1 aliphatic heterocycles. The Kier molecular flexibility index (Phi) is 8.36. The van der Waals surface area contributed by atoms with Crippen LogP contribution in [0.4, 0.5) is 4.79 Å². The van der Waals surface area contributed by atoms with Crippen molar-refractivity contribution < 1.29 is 22.7 Å². The number of ether oxygens (including phenoxy) is 1. The van der Waals surface area contributed by atoms with Gasteiger partial charge in [-0.1, -0.05) is 53.5 Å². The number of halogens is 2. The van der Waals surface area contributed by atoms with Crippen LogP contribution in [0.1, 0.15) is 39.7 Å². The lowest BCUT2D eigenvalue weighted by Gasteiger charge is -2.31. The van der Waals surface area contributed by atoms with E-state index in [0.29, 0.717) is 6.42 Å². The minimum atomic E-state index is -4.16. The maximum Gasteiger partial charge on any atom is 0.333 e. The highest BCUT2D eigenvalue weighted by Crippen LogP contribution is 2.30. The first-order chi connectivity index (χ1) is 16.3. The first-order valence-electron chi connectivity index (χ1n) is 11.1. The highest BCUT2D eigenvalue weighted by molar-refractivity contribution is 7.89. The predicted molar refractivity (Wildman–Crippen MR) is 135 cm³/mol. The summed E-state index contributed by atoms with van der Waals surface area (Å²) in [6.45, 7) is 7.05. The molecule has 0 aromatic heterocycles. The third-order valence-corrected chi connectivity index (χ3v) is 7.58. The molecule has 3 rings (SSSR count). The van der Waals surface area contributed by atoms with Crippen molar-refractivity contribution in [2.75, 3.05) is 6.54 Å². The Hall–Kier alpha value is -2.33. The third-order valence-electron chi connectivity index (χ3n) is 5.26. The molecule has 0 saturated carbocycles. The number of hydrogen-bond acceptors (Lipinski definition) is 5. The van der Waals surface area contributed by atoms with Gasteiger partial charge in [0, 0.05) is 29.1 Å². The molecule has 0 aliphatic carbocycles. The summed E-state index contributed by atoms with van der Waals surface area (Å²) in [7, 11) is -4.16. The molecule has 1 fully saturated rings. The van der Waals surface area contributed by atoms with E-state index in [1.54, 1.807) is 27.7 Å². The molecule has 1 unspecified atom stereocenters. The molecule has 2 aromatic carbocycles. The minimum Gasteiger partial charge on any atom is -0.458 e. The van der Waals surface area contributed by atoms with Crippen molar-refractivity contribution in [3.05, 3.63) is 64.1 Å². The van der Waals surface area contributed by atoms with Crippen LogP contribution in [0.2, 0.25) is 10.0 Å². The Balaban J connectivity index is 1.88. The molecule has 2 amide bonds. The van der Waals surface area contributed by atoms with E-state index in [1.165, 1.54) is 18.2 Å². The molecular formula is C24H29Cl2N3O5S. The topological polar surface area (TPSA) is 96.0 Å². The Morgan fingerprint density at radius 2 is 1.71 bits per heavy atom. The Bertz CT molecular complexity index is 1170. The zero-order valence-electron chi connectivity index (χ0n) is 20.0. The number of carbonyl (C=O) groups excluding carboxylic acids is 2. The molecule has 35 heavy (non-hydrogen) atoms. The number of hydrazine groups is 1. The lowest BCUT2D eigenvalue weighted by molar-refractivity contribution is -0.157. The molecule has 1 aliphatic rings. The van der Waals surface area contributed by atoms with Crippen molar-refractivity contribution in [3.63, 3.8) is 0 Å². The third kappa shape index (κ3) is 6.88. The molecular weight excluding hydrogens is 513 g/mol. The van der Waals surface area contributed by atoms with Gasteiger partial charge in [0.05, 0.1) is 4.90 Å². The number of urea groups is 1. The van der Waals surface area contributed by atoms with Crippen molar-refractivity contribution in [3.8, 4) is 0 Å². The first kappa shape index (κ1) is 27.3. The van der Waals surface area contributed by atoms with Crippen LogP contribution in [-0.4, -0.2) is 54.1 Å². The van der Waals surface area contributed by atoms with E-state index in [0.717, 1.165) is 15.0 Å². The number of carbonyl (C=O) groups is 2. The maximum atomic E-state index is 13.5. The Labute approximate surface area is 216 Å². The van der Waals surface area contributed by atoms with Gasteiger partial charge >= 0.3 is 12.0 Å². The molecule has 1 N–H and O–H groups in total. The van der Waals surface area contributed by atoms with Gasteiger partial charge in [0.1, 0.15) is 11.6 Å². The van der Waals surface area contributed by atoms with Crippen molar-refractivity contribution in [1.82, 2.24) is 14.7 Å². The average molecular weight is 542 g/mol. The van der Waals surface area contributed by atoms with Gasteiger partial charge < -0.3 is 10.1 Å². The summed E-state index contributed by atoms with van der Waals surface area (Å²) in [5.41, 5.74) is 0.0524. The molecule has 0 bridgehead atoms. The van der Waals surface area contributed by atoms with Crippen LogP contribution in [0.3, 0.4) is 0 Å². The number of nitrogens with zero attached hydrogens (tertiary/aromatic N) is 2. The van der Waals surface area contributed by atoms with Gasteiger partial charge in [0.15, 0.2) is 0 Å². The smallest absolute Gasteiger partial charge is 0.333 e. The van der Waals surface area contributed by atoms with Crippen molar-refractivity contribution in [2.24, 2.45) is 0 Å². The average Bonchev–Trinajstić information content (AvgIpc) is 3.14. The number of sulfonamides is 1. The first-order valence-corrected chi connectivity index (χ1v) is 13.3. The van der Waals surface area contributed by atoms with Crippen LogP contribution in [-0.2, 0) is 26.0 Å². The van der Waals surface area contributed by atoms with Crippen LogP contribution in [0.15, 0.2) is 53.4 Å². The fraction of sp³-hybridized carbons (Fsp3) is 0.417. The summed E-state index contributed by atoms with van der Waals surface area (Å²) in [5, 5.41) is 4.09. The minimum absolute atomic E-state index is 0.130. The van der Waals surface area contributed by atoms with Crippen molar-refractivity contribution in [1.29, 1.82) is 0 Å². The monoisotopic (exact) mass is 541 g/mol. The lowest BCUT2D eigenvalue weighted by Crippen LogP contribution is -2.55. The maximum absolute atomic E-state index is 13.5. The summed E-state index contributed by atoms with van der Waals surface area (Å²) >= 11 is 12.0. The van der Waals surface area contributed by atoms with Gasteiger partial charge in [-0.05, 0) is 57.9 Å². The molecule has 11 heteroatoms. The standard InChI is InChI=1S/C24H29Cl2N3O5S/c1-16-10-11-28(29(16)35(32,33)20-14-18(25)13-19(26)15-20)23(31)27-21(22(30)34-24(2,3)4)12-17-8-6-5-7-9-17/h5-9,13-16,21H,10-12H2,1-4H3,(H,27,31)/t16?,21-/m0/s1. The highest BCUT2D eigenvalue weighted by Gasteiger charge is 2.43. The highest BCUT2D eigenvalue weighted by atomic mass is 35.5. The molecule has 0 spiro atoms. The van der Waals surface area contributed by atoms with Gasteiger partial charge in [-0.15, -0.1) is 4.41 Å². The molecule has 1 heterocycles. The van der Waals surface area contributed by atoms with E-state index in [4.69, 9.17) is 27.9 Å². The zero-order chi connectivity index (χ0) is 26.0. The lowest BCUT2D eigenvalue weighted by atomic mass is 10.1. The quantitative estimate of drug-likeness (QED) is 0.536. The van der Waals surface area contributed by atoms with Crippen molar-refractivity contribution >= 4 is 45.2 Å². The molecule has 0 radical (unpaired) electrons. The molecule has 8 nitrogen and oxygen atoms in total. The van der Waals surface area contributed by atoms with E-state index >= 15 is 0 Å². The van der Waals surface area contributed by atoms with E-state index < -0.39 is 39.7 Å². The van der Waals surface area contributed by atoms with E-state index in [2.05, 4.69) is 5.32 Å². The number of amides is 2. The number of nitrogens with one attached hydrogen (secondary N) is 1. The molecule has 1 saturated heterocycles. The Morgan fingerprint density at radius 3 is 2.29 bits per heavy atom. The normalized spacial score (nSPS) is 17.8. The summed E-state index contributed by atoms with van der Waals surface area (Å²) in [6, 6.07) is 10.9. The second kappa shape index (κ2) is 10.7. The zero-order valence-corrected chi connectivity index (χ0v) is 22.3. The summed E-state index contributed by atoms with van der Waals surface area (Å²) < 4.78 is 33.4. The summed E-state index contributed by atoms with van der Waals surface area (Å²) in [5.74, 6) is -0.613. The number of esters is 1. The van der Waals surface area contributed by atoms with Gasteiger partial charge in [-0.2, -0.15) is 0 Å². The fourth-order valence-electron chi connectivity index (χ4n) is 3.74. The predicted octanol–water partition coefficient (Wildman–Crippen LogP) is 4.66. The second-order valence-corrected chi connectivity index (χ2v) is 12.0. The Morgan fingerprint density at radius 1 is 1.11 bits per heavy atom. The van der Waals surface area contributed by atoms with Crippen molar-refractivity contribution in [2.45, 2.75) is 63.1 Å². The number of rotatable bonds is 6. The number of benzene rings is 2. The SMILES string of the molecule is CC1CCN(C(=O)N[C@@H](Cc2ccccc2)C(=O)OC(C)(C)C)N1S(=O)(=O)c1cc(Cl)cc(Cl)c1. The molecule has 190 valence electrons. The van der Waals surface area contributed by atoms with Crippen LogP contribution in [0.25, 0.3) is 0 Å². The van der Waals surface area contributed by atoms with Crippen LogP contribution < -0.4 is 5.32 Å². The van der Waals surface area contributed by atoms with Crippen LogP contribution in [0.5, 0.6) is 0 Å². The van der Waals surface area contributed by atoms with Crippen LogP contribution in [0, 0.1) is 0 Å². The second-order valence-electron chi connectivity index (χ2n) is 9.37. The van der Waals surface area contributed by atoms with Gasteiger partial charge in [0.2, 0.25) is 0 Å². The largest absolute Gasteiger partial charge is 0.458 e. The summed E-state index contributed by atoms with van der Waals surface area (Å²) in [6.07, 6.45) is 0.596. The van der Waals surface area contributed by atoms with E-state index in [1.807, 2.05) is 30.3 Å². The van der Waals surface area contributed by atoms with Gasteiger partial charge in [0.25, 0.3) is 10.0 Å². The van der Waals surface area contributed by atoms with Crippen LogP contribution >= 0.6 is 23.2 Å². The summed E-state index contributed by atoms with van der Waals surface area (Å²) in [4.78, 5) is 26.1.